The van der Waals surface area contributed by atoms with Gasteiger partial charge in [0, 0.05) is 24.2 Å². The van der Waals surface area contributed by atoms with Crippen molar-refractivity contribution in [1.29, 1.82) is 0 Å². The second-order valence-electron chi connectivity index (χ2n) is 4.80. The zero-order valence-electron chi connectivity index (χ0n) is 10.3. The van der Waals surface area contributed by atoms with Crippen LogP contribution in [0.3, 0.4) is 0 Å². The van der Waals surface area contributed by atoms with Crippen molar-refractivity contribution in [1.82, 2.24) is 10.3 Å². The third kappa shape index (κ3) is 1.91. The maximum Gasteiger partial charge on any atom is 0.142 e. The number of aromatic nitrogens is 1. The quantitative estimate of drug-likeness (QED) is 0.847. The first-order valence-electron chi connectivity index (χ1n) is 6.16. The van der Waals surface area contributed by atoms with Gasteiger partial charge in [0.15, 0.2) is 0 Å². The average molecular weight is 230 g/mol. The smallest absolute Gasteiger partial charge is 0.142 e. The van der Waals surface area contributed by atoms with Crippen LogP contribution in [0.15, 0.2) is 18.3 Å². The van der Waals surface area contributed by atoms with E-state index < -0.39 is 0 Å². The Morgan fingerprint density at radius 3 is 2.94 bits per heavy atom. The van der Waals surface area contributed by atoms with Gasteiger partial charge in [-0.05, 0) is 37.0 Å². The normalized spacial score (nSPS) is 15.4. The number of rotatable bonds is 4. The molecule has 17 heavy (non-hydrogen) atoms. The van der Waals surface area contributed by atoms with Gasteiger partial charge in [0.25, 0.3) is 0 Å². The zero-order valence-corrected chi connectivity index (χ0v) is 10.3. The third-order valence-electron chi connectivity index (χ3n) is 3.47. The Bertz CT molecular complexity index is 540. The van der Waals surface area contributed by atoms with Crippen molar-refractivity contribution >= 4 is 10.9 Å². The van der Waals surface area contributed by atoms with E-state index in [4.69, 9.17) is 4.74 Å². The first-order valence-corrected chi connectivity index (χ1v) is 6.16. The topological polar surface area (TPSA) is 37.0 Å². The lowest BCUT2D eigenvalue weighted by molar-refractivity contribution is 0.419. The Morgan fingerprint density at radius 1 is 1.41 bits per heavy atom. The molecule has 2 aromatic rings. The van der Waals surface area contributed by atoms with Crippen LogP contribution in [0.2, 0.25) is 0 Å². The van der Waals surface area contributed by atoms with Gasteiger partial charge in [-0.15, -0.1) is 0 Å². The van der Waals surface area contributed by atoms with Gasteiger partial charge in [-0.1, -0.05) is 6.07 Å². The summed E-state index contributed by atoms with van der Waals surface area (Å²) in [5.41, 5.74) is 3.75. The molecule has 1 aliphatic carbocycles. The third-order valence-corrected chi connectivity index (χ3v) is 3.47. The lowest BCUT2D eigenvalue weighted by atomic mass is 10.1. The molecule has 1 aromatic heterocycles. The zero-order chi connectivity index (χ0) is 11.8. The van der Waals surface area contributed by atoms with E-state index in [9.17, 15) is 0 Å². The summed E-state index contributed by atoms with van der Waals surface area (Å²) in [6, 6.07) is 4.88. The fourth-order valence-corrected chi connectivity index (χ4v) is 2.33. The predicted octanol–water partition coefficient (Wildman–Crippen LogP) is 2.74. The molecule has 1 fully saturated rings. The number of fused-ring (bicyclic) bond motifs is 1. The minimum atomic E-state index is 0.742. The van der Waals surface area contributed by atoms with Crippen molar-refractivity contribution < 1.29 is 4.74 Å². The maximum absolute atomic E-state index is 5.38. The average Bonchev–Trinajstić information content (AvgIpc) is 3.07. The molecule has 3 rings (SSSR count). The second kappa shape index (κ2) is 4.08. The number of hydrogen-bond donors (Lipinski definition) is 2. The summed E-state index contributed by atoms with van der Waals surface area (Å²) in [5.74, 6) is 0.920. The number of nitrogens with one attached hydrogen (secondary N) is 2. The van der Waals surface area contributed by atoms with Crippen LogP contribution >= 0.6 is 0 Å². The van der Waals surface area contributed by atoms with Crippen LogP contribution in [0.5, 0.6) is 5.75 Å². The number of benzene rings is 1. The Hall–Kier alpha value is -1.48. The van der Waals surface area contributed by atoms with Crippen molar-refractivity contribution in [3.63, 3.8) is 0 Å². The number of H-pyrrole nitrogens is 1. The van der Waals surface area contributed by atoms with Gasteiger partial charge in [0.1, 0.15) is 5.75 Å². The van der Waals surface area contributed by atoms with Crippen LogP contribution in [0.25, 0.3) is 10.9 Å². The number of aromatic amines is 1. The molecule has 1 aliphatic rings. The molecule has 0 radical (unpaired) electrons. The number of ether oxygens (including phenoxy) is 1. The van der Waals surface area contributed by atoms with E-state index in [1.54, 1.807) is 7.11 Å². The Labute approximate surface area is 101 Å². The Balaban J connectivity index is 2.00. The maximum atomic E-state index is 5.38. The summed E-state index contributed by atoms with van der Waals surface area (Å²) < 4.78 is 5.38. The van der Waals surface area contributed by atoms with E-state index in [-0.39, 0.29) is 0 Å². The van der Waals surface area contributed by atoms with Gasteiger partial charge in [-0.3, -0.25) is 0 Å². The van der Waals surface area contributed by atoms with Crippen LogP contribution in [0.4, 0.5) is 0 Å². The van der Waals surface area contributed by atoms with Gasteiger partial charge in [0.2, 0.25) is 0 Å². The Morgan fingerprint density at radius 2 is 2.24 bits per heavy atom. The highest BCUT2D eigenvalue weighted by Gasteiger charge is 2.21. The highest BCUT2D eigenvalue weighted by atomic mass is 16.5. The molecule has 0 unspecified atom stereocenters. The van der Waals surface area contributed by atoms with Crippen molar-refractivity contribution in [3.8, 4) is 5.75 Å². The van der Waals surface area contributed by atoms with Crippen molar-refractivity contribution in [2.24, 2.45) is 0 Å². The molecule has 0 atom stereocenters. The molecule has 3 heteroatoms. The fourth-order valence-electron chi connectivity index (χ4n) is 2.33. The molecule has 1 heterocycles. The van der Waals surface area contributed by atoms with Gasteiger partial charge in [0.05, 0.1) is 12.6 Å². The molecule has 0 spiro atoms. The van der Waals surface area contributed by atoms with Crippen molar-refractivity contribution in [2.45, 2.75) is 32.4 Å². The minimum absolute atomic E-state index is 0.742. The SMILES string of the molecule is COc1ccc(C)c2c(CNC3CC3)c[nH]c12. The molecule has 0 saturated heterocycles. The molecular formula is C14H18N2O. The lowest BCUT2D eigenvalue weighted by Gasteiger charge is -2.06. The molecule has 0 amide bonds. The van der Waals surface area contributed by atoms with E-state index in [2.05, 4.69) is 29.5 Å². The van der Waals surface area contributed by atoms with Crippen molar-refractivity contribution in [3.05, 3.63) is 29.5 Å². The van der Waals surface area contributed by atoms with Gasteiger partial charge in [-0.25, -0.2) is 0 Å². The first kappa shape index (κ1) is 10.7. The number of hydrogen-bond acceptors (Lipinski definition) is 2. The summed E-state index contributed by atoms with van der Waals surface area (Å²) in [7, 11) is 1.72. The molecule has 2 N–H and O–H groups in total. The minimum Gasteiger partial charge on any atom is -0.495 e. The van der Waals surface area contributed by atoms with Crippen LogP contribution in [0, 0.1) is 6.92 Å². The van der Waals surface area contributed by atoms with E-state index in [1.807, 2.05) is 6.07 Å². The number of methoxy groups -OCH3 is 1. The standard InChI is InChI=1S/C14H18N2O/c1-9-3-6-12(17-2)14-13(9)10(8-16-14)7-15-11-4-5-11/h3,6,8,11,15-16H,4-5,7H2,1-2H3. The molecule has 0 aliphatic heterocycles. The predicted molar refractivity (Wildman–Crippen MR) is 69.4 cm³/mol. The number of aryl methyl sites for hydroxylation is 1. The lowest BCUT2D eigenvalue weighted by Crippen LogP contribution is -2.14. The van der Waals surface area contributed by atoms with Crippen LogP contribution < -0.4 is 10.1 Å². The first-order chi connectivity index (χ1) is 8.29. The van der Waals surface area contributed by atoms with Gasteiger partial charge < -0.3 is 15.0 Å². The van der Waals surface area contributed by atoms with Gasteiger partial charge in [-0.2, -0.15) is 0 Å². The highest BCUT2D eigenvalue weighted by Crippen LogP contribution is 2.30. The summed E-state index contributed by atoms with van der Waals surface area (Å²) in [4.78, 5) is 3.33. The van der Waals surface area contributed by atoms with Gasteiger partial charge >= 0.3 is 0 Å². The fraction of sp³-hybridized carbons (Fsp3) is 0.429. The van der Waals surface area contributed by atoms with Crippen LogP contribution in [-0.2, 0) is 6.54 Å². The van der Waals surface area contributed by atoms with Crippen LogP contribution in [0.1, 0.15) is 24.0 Å². The summed E-state index contributed by atoms with van der Waals surface area (Å²) >= 11 is 0. The summed E-state index contributed by atoms with van der Waals surface area (Å²) in [5, 5.41) is 4.86. The Kier molecular flexibility index (Phi) is 2.56. The molecule has 3 nitrogen and oxygen atoms in total. The molecule has 90 valence electrons. The molecular weight excluding hydrogens is 212 g/mol. The van der Waals surface area contributed by atoms with E-state index >= 15 is 0 Å². The molecule has 0 bridgehead atoms. The molecule has 1 aromatic carbocycles. The van der Waals surface area contributed by atoms with E-state index in [0.717, 1.165) is 23.9 Å². The van der Waals surface area contributed by atoms with Crippen molar-refractivity contribution in [2.75, 3.05) is 7.11 Å². The second-order valence-corrected chi connectivity index (χ2v) is 4.80. The summed E-state index contributed by atoms with van der Waals surface area (Å²) in [6.45, 7) is 3.09. The highest BCUT2D eigenvalue weighted by molar-refractivity contribution is 5.91. The monoisotopic (exact) mass is 230 g/mol. The summed E-state index contributed by atoms with van der Waals surface area (Å²) in [6.07, 6.45) is 4.74. The molecule has 1 saturated carbocycles. The van der Waals surface area contributed by atoms with Crippen LogP contribution in [-0.4, -0.2) is 18.1 Å². The van der Waals surface area contributed by atoms with E-state index in [0.29, 0.717) is 0 Å². The van der Waals surface area contributed by atoms with E-state index in [1.165, 1.54) is 29.4 Å². The largest absolute Gasteiger partial charge is 0.495 e.